The fourth-order valence-electron chi connectivity index (χ4n) is 1.74. The van der Waals surface area contributed by atoms with Gasteiger partial charge in [-0.25, -0.2) is 0 Å². The standard InChI is InChI=1S/C14H21N3O2/c1-3-16-13(18)10-17(2)14(19)12-6-4-11(5-7-12)8-9-15/h4-7H,3,8-10,15H2,1-2H3,(H,16,18). The zero-order valence-electron chi connectivity index (χ0n) is 11.5. The van der Waals surface area contributed by atoms with Crippen molar-refractivity contribution in [2.24, 2.45) is 5.73 Å². The maximum absolute atomic E-state index is 12.1. The number of nitrogens with zero attached hydrogens (tertiary/aromatic N) is 1. The first kappa shape index (κ1) is 15.2. The van der Waals surface area contributed by atoms with Gasteiger partial charge in [-0.2, -0.15) is 0 Å². The molecular formula is C14H21N3O2. The van der Waals surface area contributed by atoms with Crippen molar-refractivity contribution >= 4 is 11.8 Å². The number of amides is 2. The number of likely N-dealkylation sites (N-methyl/N-ethyl adjacent to an activating group) is 2. The molecule has 1 rings (SSSR count). The lowest BCUT2D eigenvalue weighted by molar-refractivity contribution is -0.121. The summed E-state index contributed by atoms with van der Waals surface area (Å²) in [6.07, 6.45) is 0.795. The largest absolute Gasteiger partial charge is 0.355 e. The van der Waals surface area contributed by atoms with E-state index in [1.165, 1.54) is 4.90 Å². The number of nitrogens with two attached hydrogens (primary N) is 1. The Morgan fingerprint density at radius 1 is 1.26 bits per heavy atom. The van der Waals surface area contributed by atoms with E-state index in [-0.39, 0.29) is 18.4 Å². The number of rotatable bonds is 6. The maximum atomic E-state index is 12.1. The molecule has 0 atom stereocenters. The first-order valence-corrected chi connectivity index (χ1v) is 6.39. The summed E-state index contributed by atoms with van der Waals surface area (Å²) in [4.78, 5) is 24.9. The van der Waals surface area contributed by atoms with E-state index in [1.54, 1.807) is 19.2 Å². The molecule has 0 spiro atoms. The predicted molar refractivity (Wildman–Crippen MR) is 74.8 cm³/mol. The number of nitrogens with one attached hydrogen (secondary N) is 1. The number of benzene rings is 1. The van der Waals surface area contributed by atoms with E-state index < -0.39 is 0 Å². The van der Waals surface area contributed by atoms with Gasteiger partial charge in [0.2, 0.25) is 5.91 Å². The van der Waals surface area contributed by atoms with Crippen molar-refractivity contribution in [1.82, 2.24) is 10.2 Å². The molecule has 0 bridgehead atoms. The number of carbonyl (C=O) groups excluding carboxylic acids is 2. The quantitative estimate of drug-likeness (QED) is 0.780. The Morgan fingerprint density at radius 3 is 2.42 bits per heavy atom. The lowest BCUT2D eigenvalue weighted by Gasteiger charge is -2.16. The smallest absolute Gasteiger partial charge is 0.254 e. The predicted octanol–water partition coefficient (Wildman–Crippen LogP) is 0.396. The van der Waals surface area contributed by atoms with Crippen LogP contribution in [0.25, 0.3) is 0 Å². The van der Waals surface area contributed by atoms with Crippen LogP contribution < -0.4 is 11.1 Å². The van der Waals surface area contributed by atoms with E-state index in [0.29, 0.717) is 18.7 Å². The first-order chi connectivity index (χ1) is 9.08. The highest BCUT2D eigenvalue weighted by atomic mass is 16.2. The van der Waals surface area contributed by atoms with Crippen LogP contribution >= 0.6 is 0 Å². The number of carbonyl (C=O) groups is 2. The molecule has 0 heterocycles. The molecule has 0 aromatic heterocycles. The number of hydrogen-bond acceptors (Lipinski definition) is 3. The third kappa shape index (κ3) is 4.71. The molecule has 5 heteroatoms. The highest BCUT2D eigenvalue weighted by molar-refractivity contribution is 5.96. The van der Waals surface area contributed by atoms with Crippen LogP contribution in [0.5, 0.6) is 0 Å². The fourth-order valence-corrected chi connectivity index (χ4v) is 1.74. The zero-order valence-corrected chi connectivity index (χ0v) is 11.5. The summed E-state index contributed by atoms with van der Waals surface area (Å²) < 4.78 is 0. The lowest BCUT2D eigenvalue weighted by Crippen LogP contribution is -2.38. The van der Waals surface area contributed by atoms with Gasteiger partial charge in [0.05, 0.1) is 6.54 Å². The van der Waals surface area contributed by atoms with Gasteiger partial charge < -0.3 is 16.0 Å². The summed E-state index contributed by atoms with van der Waals surface area (Å²) in [6.45, 7) is 3.06. The Balaban J connectivity index is 2.63. The van der Waals surface area contributed by atoms with Crippen LogP contribution in [-0.4, -0.2) is 43.4 Å². The van der Waals surface area contributed by atoms with Gasteiger partial charge in [0, 0.05) is 19.2 Å². The molecule has 0 aliphatic carbocycles. The van der Waals surface area contributed by atoms with Crippen LogP contribution in [0.2, 0.25) is 0 Å². The minimum absolute atomic E-state index is 0.0667. The van der Waals surface area contributed by atoms with Crippen molar-refractivity contribution < 1.29 is 9.59 Å². The monoisotopic (exact) mass is 263 g/mol. The van der Waals surface area contributed by atoms with Crippen molar-refractivity contribution in [3.63, 3.8) is 0 Å². The van der Waals surface area contributed by atoms with E-state index >= 15 is 0 Å². The maximum Gasteiger partial charge on any atom is 0.254 e. The van der Waals surface area contributed by atoms with Crippen molar-refractivity contribution in [3.05, 3.63) is 35.4 Å². The molecule has 0 aliphatic heterocycles. The van der Waals surface area contributed by atoms with Crippen molar-refractivity contribution in [2.45, 2.75) is 13.3 Å². The van der Waals surface area contributed by atoms with Gasteiger partial charge in [0.1, 0.15) is 0 Å². The molecule has 1 aromatic rings. The Bertz CT molecular complexity index is 429. The first-order valence-electron chi connectivity index (χ1n) is 6.39. The molecule has 1 aromatic carbocycles. The summed E-state index contributed by atoms with van der Waals surface area (Å²) in [7, 11) is 1.62. The highest BCUT2D eigenvalue weighted by Gasteiger charge is 2.14. The van der Waals surface area contributed by atoms with Crippen LogP contribution in [0.3, 0.4) is 0 Å². The Kier molecular flexibility index (Phi) is 6.02. The second kappa shape index (κ2) is 7.53. The van der Waals surface area contributed by atoms with Gasteiger partial charge in [-0.15, -0.1) is 0 Å². The third-order valence-electron chi connectivity index (χ3n) is 2.74. The Labute approximate surface area is 113 Å². The third-order valence-corrected chi connectivity index (χ3v) is 2.74. The van der Waals surface area contributed by atoms with E-state index in [4.69, 9.17) is 5.73 Å². The topological polar surface area (TPSA) is 75.4 Å². The average molecular weight is 263 g/mol. The summed E-state index contributed by atoms with van der Waals surface area (Å²) in [6, 6.07) is 7.31. The molecule has 0 saturated carbocycles. The van der Waals surface area contributed by atoms with E-state index in [1.807, 2.05) is 19.1 Å². The average Bonchev–Trinajstić information content (AvgIpc) is 2.39. The second-order valence-corrected chi connectivity index (χ2v) is 4.35. The molecule has 2 amide bonds. The Morgan fingerprint density at radius 2 is 1.89 bits per heavy atom. The zero-order chi connectivity index (χ0) is 14.3. The number of hydrogen-bond donors (Lipinski definition) is 2. The lowest BCUT2D eigenvalue weighted by atomic mass is 10.1. The van der Waals surface area contributed by atoms with Crippen molar-refractivity contribution in [2.75, 3.05) is 26.7 Å². The van der Waals surface area contributed by atoms with Gasteiger partial charge in [0.15, 0.2) is 0 Å². The molecule has 0 radical (unpaired) electrons. The summed E-state index contributed by atoms with van der Waals surface area (Å²) >= 11 is 0. The highest BCUT2D eigenvalue weighted by Crippen LogP contribution is 2.07. The van der Waals surface area contributed by atoms with Crippen LogP contribution in [0.1, 0.15) is 22.8 Å². The van der Waals surface area contributed by atoms with E-state index in [2.05, 4.69) is 5.32 Å². The summed E-state index contributed by atoms with van der Waals surface area (Å²) in [5.74, 6) is -0.316. The van der Waals surface area contributed by atoms with E-state index in [9.17, 15) is 9.59 Å². The summed E-state index contributed by atoms with van der Waals surface area (Å²) in [5, 5.41) is 2.66. The molecule has 0 fully saturated rings. The molecule has 104 valence electrons. The second-order valence-electron chi connectivity index (χ2n) is 4.35. The van der Waals surface area contributed by atoms with Gasteiger partial charge in [-0.05, 0) is 37.6 Å². The van der Waals surface area contributed by atoms with Crippen LogP contribution in [-0.2, 0) is 11.2 Å². The van der Waals surface area contributed by atoms with Crippen molar-refractivity contribution in [3.8, 4) is 0 Å². The van der Waals surface area contributed by atoms with Gasteiger partial charge in [-0.3, -0.25) is 9.59 Å². The van der Waals surface area contributed by atoms with Crippen LogP contribution in [0.4, 0.5) is 0 Å². The van der Waals surface area contributed by atoms with Crippen LogP contribution in [0.15, 0.2) is 24.3 Å². The molecular weight excluding hydrogens is 242 g/mol. The van der Waals surface area contributed by atoms with Gasteiger partial charge in [-0.1, -0.05) is 12.1 Å². The molecule has 0 aliphatic rings. The van der Waals surface area contributed by atoms with Crippen LogP contribution in [0, 0.1) is 0 Å². The van der Waals surface area contributed by atoms with Gasteiger partial charge >= 0.3 is 0 Å². The molecule has 0 unspecified atom stereocenters. The van der Waals surface area contributed by atoms with Gasteiger partial charge in [0.25, 0.3) is 5.91 Å². The molecule has 3 N–H and O–H groups in total. The normalized spacial score (nSPS) is 10.1. The SMILES string of the molecule is CCNC(=O)CN(C)C(=O)c1ccc(CCN)cc1. The van der Waals surface area contributed by atoms with Crippen molar-refractivity contribution in [1.29, 1.82) is 0 Å². The molecule has 0 saturated heterocycles. The molecule has 19 heavy (non-hydrogen) atoms. The minimum atomic E-state index is -0.162. The minimum Gasteiger partial charge on any atom is -0.355 e. The van der Waals surface area contributed by atoms with E-state index in [0.717, 1.165) is 12.0 Å². The summed E-state index contributed by atoms with van der Waals surface area (Å²) in [5.41, 5.74) is 7.15. The molecule has 5 nitrogen and oxygen atoms in total. The Hall–Kier alpha value is -1.88. The fraction of sp³-hybridized carbons (Fsp3) is 0.429.